The van der Waals surface area contributed by atoms with Crippen molar-refractivity contribution in [2.45, 2.75) is 6.42 Å². The first-order chi connectivity index (χ1) is 5.74. The van der Waals surface area contributed by atoms with E-state index in [1.54, 1.807) is 0 Å². The molecule has 0 amide bonds. The van der Waals surface area contributed by atoms with Crippen LogP contribution in [0.4, 0.5) is 0 Å². The average molecular weight is 168 g/mol. The number of ether oxygens (including phenoxy) is 1. The lowest BCUT2D eigenvalue weighted by molar-refractivity contribution is -0.139. The van der Waals surface area contributed by atoms with E-state index in [0.717, 1.165) is 0 Å². The second-order valence-electron chi connectivity index (χ2n) is 2.16. The summed E-state index contributed by atoms with van der Waals surface area (Å²) in [6.45, 7) is 0. The molecule has 0 saturated carbocycles. The summed E-state index contributed by atoms with van der Waals surface area (Å²) in [5, 5.41) is 0. The molecule has 0 radical (unpaired) electrons. The highest BCUT2D eigenvalue weighted by Crippen LogP contribution is 1.89. The van der Waals surface area contributed by atoms with Crippen molar-refractivity contribution in [3.63, 3.8) is 0 Å². The maximum Gasteiger partial charge on any atom is 0.310 e. The number of esters is 1. The third-order valence-corrected chi connectivity index (χ3v) is 1.35. The van der Waals surface area contributed by atoms with Crippen LogP contribution in [0, 0.1) is 0 Å². The number of carbonyl (C=O) groups is 1. The number of nitrogens with one attached hydrogen (secondary N) is 1. The highest BCUT2D eigenvalue weighted by Gasteiger charge is 2.05. The molecule has 0 aliphatic carbocycles. The molecule has 0 aliphatic rings. The summed E-state index contributed by atoms with van der Waals surface area (Å²) >= 11 is 0. The molecule has 0 unspecified atom stereocenters. The number of rotatable bonds is 2. The molecule has 0 saturated heterocycles. The number of methoxy groups -OCH3 is 1. The van der Waals surface area contributed by atoms with E-state index in [2.05, 4.69) is 14.7 Å². The molecular weight excluding hydrogens is 160 g/mol. The highest BCUT2D eigenvalue weighted by atomic mass is 16.5. The van der Waals surface area contributed by atoms with Crippen molar-refractivity contribution >= 4 is 5.97 Å². The minimum Gasteiger partial charge on any atom is -0.469 e. The third kappa shape index (κ3) is 1.91. The van der Waals surface area contributed by atoms with Crippen LogP contribution < -0.4 is 5.56 Å². The highest BCUT2D eigenvalue weighted by molar-refractivity contribution is 5.72. The Bertz CT molecular complexity index is 331. The summed E-state index contributed by atoms with van der Waals surface area (Å²) in [7, 11) is 1.27. The Hall–Kier alpha value is -1.65. The fraction of sp³-hybridized carbons (Fsp3) is 0.286. The van der Waals surface area contributed by atoms with Gasteiger partial charge in [-0.3, -0.25) is 9.59 Å². The minimum absolute atomic E-state index is 0.0420. The molecule has 1 heterocycles. The van der Waals surface area contributed by atoms with Crippen molar-refractivity contribution < 1.29 is 9.53 Å². The molecule has 0 fully saturated rings. The molecule has 0 bridgehead atoms. The number of aromatic amines is 1. The van der Waals surface area contributed by atoms with Crippen LogP contribution in [0.3, 0.4) is 0 Å². The van der Waals surface area contributed by atoms with Crippen molar-refractivity contribution in [1.29, 1.82) is 0 Å². The van der Waals surface area contributed by atoms with E-state index in [0.29, 0.717) is 5.56 Å². The monoisotopic (exact) mass is 168 g/mol. The van der Waals surface area contributed by atoms with Gasteiger partial charge in [0.1, 0.15) is 0 Å². The lowest BCUT2D eigenvalue weighted by atomic mass is 10.2. The van der Waals surface area contributed by atoms with Gasteiger partial charge in [-0.1, -0.05) is 0 Å². The number of H-pyrrole nitrogens is 1. The zero-order valence-corrected chi connectivity index (χ0v) is 6.53. The number of hydrogen-bond donors (Lipinski definition) is 1. The molecule has 0 aromatic carbocycles. The lowest BCUT2D eigenvalue weighted by Crippen LogP contribution is -2.16. The van der Waals surface area contributed by atoms with Gasteiger partial charge in [0.2, 0.25) is 0 Å². The maximum absolute atomic E-state index is 11.0. The molecule has 64 valence electrons. The van der Waals surface area contributed by atoms with Gasteiger partial charge in [-0.2, -0.15) is 0 Å². The average Bonchev–Trinajstić information content (AvgIpc) is 2.09. The van der Waals surface area contributed by atoms with Crippen LogP contribution in [0.15, 0.2) is 17.3 Å². The van der Waals surface area contributed by atoms with Gasteiger partial charge in [0, 0.05) is 11.8 Å². The van der Waals surface area contributed by atoms with Gasteiger partial charge in [0.25, 0.3) is 5.56 Å². The van der Waals surface area contributed by atoms with Gasteiger partial charge in [0.05, 0.1) is 19.9 Å². The molecule has 5 nitrogen and oxygen atoms in total. The quantitative estimate of drug-likeness (QED) is 0.603. The summed E-state index contributed by atoms with van der Waals surface area (Å²) in [4.78, 5) is 27.7. The van der Waals surface area contributed by atoms with Crippen LogP contribution in [0.25, 0.3) is 0 Å². The fourth-order valence-electron chi connectivity index (χ4n) is 0.728. The third-order valence-electron chi connectivity index (χ3n) is 1.35. The predicted octanol–water partition coefficient (Wildman–Crippen LogP) is -0.515. The molecule has 1 aromatic rings. The SMILES string of the molecule is COC(=O)Cc1cnc[nH]c1=O. The van der Waals surface area contributed by atoms with E-state index >= 15 is 0 Å². The van der Waals surface area contributed by atoms with Gasteiger partial charge in [-0.15, -0.1) is 0 Å². The molecule has 0 spiro atoms. The summed E-state index contributed by atoms with van der Waals surface area (Å²) in [5.41, 5.74) is -0.000231. The molecule has 1 rings (SSSR count). The van der Waals surface area contributed by atoms with E-state index in [1.165, 1.54) is 19.6 Å². The van der Waals surface area contributed by atoms with E-state index in [4.69, 9.17) is 0 Å². The largest absolute Gasteiger partial charge is 0.469 e. The van der Waals surface area contributed by atoms with Gasteiger partial charge in [0.15, 0.2) is 0 Å². The Morgan fingerprint density at radius 2 is 2.50 bits per heavy atom. The Labute approximate surface area is 68.4 Å². The second kappa shape index (κ2) is 3.66. The van der Waals surface area contributed by atoms with Crippen LogP contribution in [-0.4, -0.2) is 23.0 Å². The number of hydrogen-bond acceptors (Lipinski definition) is 4. The van der Waals surface area contributed by atoms with E-state index in [9.17, 15) is 9.59 Å². The van der Waals surface area contributed by atoms with Crippen molar-refractivity contribution in [3.8, 4) is 0 Å². The fourth-order valence-corrected chi connectivity index (χ4v) is 0.728. The van der Waals surface area contributed by atoms with Crippen molar-refractivity contribution in [3.05, 3.63) is 28.4 Å². The van der Waals surface area contributed by atoms with Crippen LogP contribution >= 0.6 is 0 Å². The van der Waals surface area contributed by atoms with Crippen molar-refractivity contribution in [2.24, 2.45) is 0 Å². The second-order valence-corrected chi connectivity index (χ2v) is 2.16. The van der Waals surface area contributed by atoms with Crippen LogP contribution in [0.2, 0.25) is 0 Å². The smallest absolute Gasteiger partial charge is 0.310 e. The Balaban J connectivity index is 2.83. The van der Waals surface area contributed by atoms with Crippen LogP contribution in [-0.2, 0) is 16.0 Å². The lowest BCUT2D eigenvalue weighted by Gasteiger charge is -1.96. The predicted molar refractivity (Wildman–Crippen MR) is 40.6 cm³/mol. The molecule has 1 N–H and O–H groups in total. The topological polar surface area (TPSA) is 72.0 Å². The summed E-state index contributed by atoms with van der Waals surface area (Å²) in [6.07, 6.45) is 2.57. The summed E-state index contributed by atoms with van der Waals surface area (Å²) in [6, 6.07) is 0. The van der Waals surface area contributed by atoms with E-state index in [1.807, 2.05) is 0 Å². The molecule has 1 aromatic heterocycles. The first kappa shape index (κ1) is 8.45. The summed E-state index contributed by atoms with van der Waals surface area (Å²) < 4.78 is 4.39. The Morgan fingerprint density at radius 3 is 3.08 bits per heavy atom. The first-order valence-corrected chi connectivity index (χ1v) is 3.32. The van der Waals surface area contributed by atoms with Crippen molar-refractivity contribution in [2.75, 3.05) is 7.11 Å². The van der Waals surface area contributed by atoms with Gasteiger partial charge in [-0.05, 0) is 0 Å². The zero-order valence-electron chi connectivity index (χ0n) is 6.53. The molecular formula is C7H8N2O3. The molecule has 12 heavy (non-hydrogen) atoms. The Morgan fingerprint density at radius 1 is 1.75 bits per heavy atom. The van der Waals surface area contributed by atoms with Gasteiger partial charge < -0.3 is 9.72 Å². The molecule has 0 aliphatic heterocycles. The standard InChI is InChI=1S/C7H8N2O3/c1-12-6(10)2-5-3-8-4-9-7(5)11/h3-4H,2H2,1H3,(H,8,9,11). The van der Waals surface area contributed by atoms with Crippen LogP contribution in [0.1, 0.15) is 5.56 Å². The first-order valence-electron chi connectivity index (χ1n) is 3.32. The molecule has 0 atom stereocenters. The number of carbonyl (C=O) groups excluding carboxylic acids is 1. The van der Waals surface area contributed by atoms with E-state index in [-0.39, 0.29) is 12.0 Å². The van der Waals surface area contributed by atoms with Crippen molar-refractivity contribution in [1.82, 2.24) is 9.97 Å². The zero-order chi connectivity index (χ0) is 8.97. The minimum atomic E-state index is -0.450. The number of nitrogens with zero attached hydrogens (tertiary/aromatic N) is 1. The normalized spacial score (nSPS) is 9.42. The Kier molecular flexibility index (Phi) is 2.57. The molecule has 5 heteroatoms. The number of aromatic nitrogens is 2. The maximum atomic E-state index is 11.0. The summed E-state index contributed by atoms with van der Waals surface area (Å²) in [5.74, 6) is -0.450. The van der Waals surface area contributed by atoms with E-state index < -0.39 is 5.97 Å². The van der Waals surface area contributed by atoms with Gasteiger partial charge >= 0.3 is 5.97 Å². The van der Waals surface area contributed by atoms with Crippen LogP contribution in [0.5, 0.6) is 0 Å². The van der Waals surface area contributed by atoms with Gasteiger partial charge in [-0.25, -0.2) is 4.98 Å².